The number of hydrogen-bond donors (Lipinski definition) is 1. The average Bonchev–Trinajstić information content (AvgIpc) is 3.13. The second kappa shape index (κ2) is 9.58. The molecule has 1 saturated heterocycles. The lowest BCUT2D eigenvalue weighted by molar-refractivity contribution is -0.122. The number of amides is 3. The number of fused-ring (bicyclic) bond motifs is 1. The van der Waals surface area contributed by atoms with Gasteiger partial charge < -0.3 is 10.1 Å². The molecule has 0 unspecified atom stereocenters. The Kier molecular flexibility index (Phi) is 6.19. The van der Waals surface area contributed by atoms with Gasteiger partial charge in [-0.3, -0.25) is 19.3 Å². The van der Waals surface area contributed by atoms with E-state index in [9.17, 15) is 14.4 Å². The molecule has 0 radical (unpaired) electrons. The molecule has 0 saturated carbocycles. The summed E-state index contributed by atoms with van der Waals surface area (Å²) in [5.74, 6) is -0.442. The van der Waals surface area contributed by atoms with Gasteiger partial charge in [-0.15, -0.1) is 0 Å². The van der Waals surface area contributed by atoms with Crippen LogP contribution in [0.3, 0.4) is 0 Å². The predicted molar refractivity (Wildman–Crippen MR) is 134 cm³/mol. The lowest BCUT2D eigenvalue weighted by atomic mass is 9.82. The molecule has 3 amide bonds. The van der Waals surface area contributed by atoms with Gasteiger partial charge in [-0.25, -0.2) is 0 Å². The number of hydrogen-bond acceptors (Lipinski definition) is 4. The fraction of sp³-hybridized carbons (Fsp3) is 0.207. The van der Waals surface area contributed by atoms with Gasteiger partial charge >= 0.3 is 0 Å². The number of allylic oxidation sites excluding steroid dienone is 2. The zero-order chi connectivity index (χ0) is 24.4. The van der Waals surface area contributed by atoms with Crippen molar-refractivity contribution in [3.05, 3.63) is 102 Å². The molecule has 176 valence electrons. The van der Waals surface area contributed by atoms with Gasteiger partial charge in [0.25, 0.3) is 5.91 Å². The molecule has 6 heteroatoms. The minimum absolute atomic E-state index is 0.153. The van der Waals surface area contributed by atoms with E-state index >= 15 is 0 Å². The molecule has 3 aromatic rings. The molecule has 0 bridgehead atoms. The standard InChI is InChI=1S/C29H26N2O4/c1-19-7-16-25-26(17-19)29(34)31(28(25)33)23-12-8-21(9-13-23)27(32)30-22-10-14-24(15-11-22)35-18-20-5-3-2-4-6-20/h2-15,25-26H,16-18H2,1H3,(H,30,32)/t25-,26-/m0/s1. The number of carbonyl (C=O) groups is 3. The Morgan fingerprint density at radius 2 is 1.60 bits per heavy atom. The summed E-state index contributed by atoms with van der Waals surface area (Å²) in [7, 11) is 0. The summed E-state index contributed by atoms with van der Waals surface area (Å²) < 4.78 is 5.78. The molecule has 3 aromatic carbocycles. The third-order valence-corrected chi connectivity index (χ3v) is 6.57. The van der Waals surface area contributed by atoms with Crippen LogP contribution in [0.1, 0.15) is 35.7 Å². The van der Waals surface area contributed by atoms with Gasteiger partial charge in [0.05, 0.1) is 17.5 Å². The zero-order valence-electron chi connectivity index (χ0n) is 19.4. The molecule has 1 heterocycles. The van der Waals surface area contributed by atoms with Gasteiger partial charge in [-0.2, -0.15) is 0 Å². The maximum absolute atomic E-state index is 12.9. The van der Waals surface area contributed by atoms with Crippen LogP contribution in [-0.2, 0) is 16.2 Å². The van der Waals surface area contributed by atoms with Gasteiger partial charge in [-0.1, -0.05) is 42.0 Å². The van der Waals surface area contributed by atoms with Crippen molar-refractivity contribution >= 4 is 29.1 Å². The van der Waals surface area contributed by atoms with Crippen LogP contribution in [0.15, 0.2) is 90.5 Å². The SMILES string of the molecule is CC1=CC[C@@H]2C(=O)N(c3ccc(C(=O)Nc4ccc(OCc5ccccc5)cc4)cc3)C(=O)[C@H]2C1. The Hall–Kier alpha value is -4.19. The van der Waals surface area contributed by atoms with Gasteiger partial charge in [-0.05, 0) is 73.9 Å². The summed E-state index contributed by atoms with van der Waals surface area (Å²) in [6.07, 6.45) is 3.28. The van der Waals surface area contributed by atoms with E-state index in [1.807, 2.05) is 55.5 Å². The molecule has 1 aliphatic carbocycles. The number of benzene rings is 3. The number of imide groups is 1. The van der Waals surface area contributed by atoms with Crippen LogP contribution in [0.25, 0.3) is 0 Å². The smallest absolute Gasteiger partial charge is 0.255 e. The summed E-state index contributed by atoms with van der Waals surface area (Å²) in [6, 6.07) is 23.7. The van der Waals surface area contributed by atoms with E-state index < -0.39 is 0 Å². The minimum Gasteiger partial charge on any atom is -0.489 e. The van der Waals surface area contributed by atoms with Crippen molar-refractivity contribution in [2.75, 3.05) is 10.2 Å². The molecule has 2 atom stereocenters. The van der Waals surface area contributed by atoms with Crippen molar-refractivity contribution in [2.45, 2.75) is 26.4 Å². The summed E-state index contributed by atoms with van der Waals surface area (Å²) >= 11 is 0. The molecule has 1 fully saturated rings. The van der Waals surface area contributed by atoms with Gasteiger partial charge in [0.2, 0.25) is 11.8 Å². The van der Waals surface area contributed by atoms with E-state index in [-0.39, 0.29) is 29.6 Å². The second-order valence-corrected chi connectivity index (χ2v) is 9.01. The fourth-order valence-corrected chi connectivity index (χ4v) is 4.63. The monoisotopic (exact) mass is 466 g/mol. The Morgan fingerprint density at radius 3 is 2.31 bits per heavy atom. The summed E-state index contributed by atoms with van der Waals surface area (Å²) in [4.78, 5) is 39.7. The number of nitrogens with zero attached hydrogens (tertiary/aromatic N) is 1. The van der Waals surface area contributed by atoms with Crippen LogP contribution in [0, 0.1) is 11.8 Å². The maximum Gasteiger partial charge on any atom is 0.255 e. The van der Waals surface area contributed by atoms with Crippen LogP contribution < -0.4 is 15.0 Å². The van der Waals surface area contributed by atoms with Gasteiger partial charge in [0.1, 0.15) is 12.4 Å². The van der Waals surface area contributed by atoms with Crippen LogP contribution in [0.5, 0.6) is 5.75 Å². The van der Waals surface area contributed by atoms with Crippen molar-refractivity contribution < 1.29 is 19.1 Å². The molecule has 0 aromatic heterocycles. The lowest BCUT2D eigenvalue weighted by Crippen LogP contribution is -2.30. The van der Waals surface area contributed by atoms with Gasteiger partial charge in [0.15, 0.2) is 0 Å². The molecule has 2 aliphatic rings. The predicted octanol–water partition coefficient (Wildman–Crippen LogP) is 5.36. The highest BCUT2D eigenvalue weighted by atomic mass is 16.5. The number of anilines is 2. The van der Waals surface area contributed by atoms with Crippen molar-refractivity contribution in [1.82, 2.24) is 0 Å². The van der Waals surface area contributed by atoms with E-state index in [4.69, 9.17) is 4.74 Å². The zero-order valence-corrected chi connectivity index (χ0v) is 19.4. The first kappa shape index (κ1) is 22.6. The van der Waals surface area contributed by atoms with Crippen LogP contribution >= 0.6 is 0 Å². The average molecular weight is 467 g/mol. The topological polar surface area (TPSA) is 75.7 Å². The van der Waals surface area contributed by atoms with Crippen molar-refractivity contribution in [1.29, 1.82) is 0 Å². The Bertz CT molecular complexity index is 1280. The van der Waals surface area contributed by atoms with E-state index in [2.05, 4.69) is 5.32 Å². The number of ether oxygens (including phenoxy) is 1. The van der Waals surface area contributed by atoms with Crippen molar-refractivity contribution in [3.63, 3.8) is 0 Å². The normalized spacial score (nSPS) is 19.2. The molecule has 35 heavy (non-hydrogen) atoms. The minimum atomic E-state index is -0.284. The summed E-state index contributed by atoms with van der Waals surface area (Å²) in [6.45, 7) is 2.47. The van der Waals surface area contributed by atoms with Crippen LogP contribution in [-0.4, -0.2) is 17.7 Å². The van der Waals surface area contributed by atoms with E-state index in [0.29, 0.717) is 42.1 Å². The highest BCUT2D eigenvalue weighted by molar-refractivity contribution is 6.22. The summed E-state index contributed by atoms with van der Waals surface area (Å²) in [5, 5.41) is 2.86. The molecule has 0 spiro atoms. The van der Waals surface area contributed by atoms with E-state index in [1.54, 1.807) is 36.4 Å². The molecule has 5 rings (SSSR count). The van der Waals surface area contributed by atoms with Gasteiger partial charge in [0, 0.05) is 11.3 Å². The first-order valence-electron chi connectivity index (χ1n) is 11.7. The Labute approximate surface area is 204 Å². The van der Waals surface area contributed by atoms with Crippen LogP contribution in [0.4, 0.5) is 11.4 Å². The number of carbonyl (C=O) groups excluding carboxylic acids is 3. The largest absolute Gasteiger partial charge is 0.489 e. The van der Waals surface area contributed by atoms with Crippen LogP contribution in [0.2, 0.25) is 0 Å². The highest BCUT2D eigenvalue weighted by Crippen LogP contribution is 2.39. The Balaban J connectivity index is 1.20. The summed E-state index contributed by atoms with van der Waals surface area (Å²) in [5.41, 5.74) is 3.81. The van der Waals surface area contributed by atoms with E-state index in [1.165, 1.54) is 4.90 Å². The Morgan fingerprint density at radius 1 is 0.914 bits per heavy atom. The quantitative estimate of drug-likeness (QED) is 0.392. The molecule has 6 nitrogen and oxygen atoms in total. The number of nitrogens with one attached hydrogen (secondary N) is 1. The van der Waals surface area contributed by atoms with E-state index in [0.717, 1.165) is 11.1 Å². The fourth-order valence-electron chi connectivity index (χ4n) is 4.63. The molecule has 1 N–H and O–H groups in total. The molecular formula is C29H26N2O4. The maximum atomic E-state index is 12.9. The molecule has 1 aliphatic heterocycles. The second-order valence-electron chi connectivity index (χ2n) is 9.01. The highest BCUT2D eigenvalue weighted by Gasteiger charge is 2.48. The number of rotatable bonds is 6. The van der Waals surface area contributed by atoms with Crippen molar-refractivity contribution in [3.8, 4) is 5.75 Å². The molecular weight excluding hydrogens is 440 g/mol. The lowest BCUT2D eigenvalue weighted by Gasteiger charge is -2.18. The first-order valence-corrected chi connectivity index (χ1v) is 11.7. The third-order valence-electron chi connectivity index (χ3n) is 6.57. The third kappa shape index (κ3) is 4.73. The first-order chi connectivity index (χ1) is 17.0. The van der Waals surface area contributed by atoms with Crippen molar-refractivity contribution in [2.24, 2.45) is 11.8 Å².